The molecule has 0 atom stereocenters. The van der Waals surface area contributed by atoms with Crippen molar-refractivity contribution in [1.82, 2.24) is 5.32 Å². The van der Waals surface area contributed by atoms with Crippen LogP contribution in [0.4, 0.5) is 0 Å². The predicted molar refractivity (Wildman–Crippen MR) is 59.0 cm³/mol. The van der Waals surface area contributed by atoms with Gasteiger partial charge in [0.2, 0.25) is 0 Å². The van der Waals surface area contributed by atoms with E-state index < -0.39 is 0 Å². The minimum absolute atomic E-state index is 0.758. The molecule has 0 saturated carbocycles. The molecule has 0 saturated heterocycles. The van der Waals surface area contributed by atoms with Crippen molar-refractivity contribution in [2.24, 2.45) is 5.73 Å². The molecule has 0 bridgehead atoms. The third-order valence-electron chi connectivity index (χ3n) is 1.89. The van der Waals surface area contributed by atoms with Crippen molar-refractivity contribution in [2.75, 3.05) is 13.1 Å². The molecule has 1 aromatic heterocycles. The maximum atomic E-state index is 8.61. The van der Waals surface area contributed by atoms with E-state index in [1.54, 1.807) is 11.3 Å². The van der Waals surface area contributed by atoms with E-state index in [9.17, 15) is 0 Å². The highest BCUT2D eigenvalue weighted by molar-refractivity contribution is 7.10. The minimum atomic E-state index is 0.758. The molecule has 1 rings (SSSR count). The van der Waals surface area contributed by atoms with Crippen LogP contribution in [0.1, 0.15) is 23.3 Å². The van der Waals surface area contributed by atoms with Gasteiger partial charge in [-0.15, -0.1) is 11.3 Å². The number of rotatable bonds is 6. The SMILES string of the molecule is N#Cc1csc(CNCCCCN)c1. The third-order valence-corrected chi connectivity index (χ3v) is 2.83. The van der Waals surface area contributed by atoms with Gasteiger partial charge >= 0.3 is 0 Å². The van der Waals surface area contributed by atoms with Gasteiger partial charge in [-0.1, -0.05) is 0 Å². The van der Waals surface area contributed by atoms with Gasteiger partial charge in [0.1, 0.15) is 6.07 Å². The highest BCUT2D eigenvalue weighted by atomic mass is 32.1. The number of nitrogens with zero attached hydrogens (tertiary/aromatic N) is 1. The Labute approximate surface area is 88.5 Å². The van der Waals surface area contributed by atoms with Crippen LogP contribution < -0.4 is 11.1 Å². The number of nitrogens with one attached hydrogen (secondary N) is 1. The maximum Gasteiger partial charge on any atom is 0.100 e. The van der Waals surface area contributed by atoms with Gasteiger partial charge in [-0.25, -0.2) is 0 Å². The molecular formula is C10H15N3S. The van der Waals surface area contributed by atoms with E-state index >= 15 is 0 Å². The van der Waals surface area contributed by atoms with Crippen LogP contribution in [0.15, 0.2) is 11.4 Å². The van der Waals surface area contributed by atoms with Crippen LogP contribution in [0, 0.1) is 11.3 Å². The van der Waals surface area contributed by atoms with Crippen molar-refractivity contribution in [3.05, 3.63) is 21.9 Å². The second kappa shape index (κ2) is 6.55. The minimum Gasteiger partial charge on any atom is -0.330 e. The maximum absolute atomic E-state index is 8.61. The molecule has 3 N–H and O–H groups in total. The smallest absolute Gasteiger partial charge is 0.100 e. The number of nitrogens with two attached hydrogens (primary N) is 1. The van der Waals surface area contributed by atoms with Gasteiger partial charge in [0, 0.05) is 16.8 Å². The van der Waals surface area contributed by atoms with Crippen molar-refractivity contribution in [1.29, 1.82) is 5.26 Å². The molecule has 0 fully saturated rings. The van der Waals surface area contributed by atoms with Crippen molar-refractivity contribution in [3.63, 3.8) is 0 Å². The summed E-state index contributed by atoms with van der Waals surface area (Å²) in [7, 11) is 0. The first kappa shape index (κ1) is 11.2. The first-order chi connectivity index (χ1) is 6.86. The summed E-state index contributed by atoms with van der Waals surface area (Å²) in [5.74, 6) is 0. The van der Waals surface area contributed by atoms with Crippen LogP contribution in [0.3, 0.4) is 0 Å². The van der Waals surface area contributed by atoms with Crippen LogP contribution in [-0.2, 0) is 6.54 Å². The predicted octanol–water partition coefficient (Wildman–Crippen LogP) is 1.45. The van der Waals surface area contributed by atoms with Crippen molar-refractivity contribution in [2.45, 2.75) is 19.4 Å². The third kappa shape index (κ3) is 3.88. The zero-order chi connectivity index (χ0) is 10.2. The summed E-state index contributed by atoms with van der Waals surface area (Å²) in [5, 5.41) is 13.8. The van der Waals surface area contributed by atoms with Gasteiger partial charge in [0.15, 0.2) is 0 Å². The molecule has 14 heavy (non-hydrogen) atoms. The Morgan fingerprint density at radius 3 is 3.00 bits per heavy atom. The average Bonchev–Trinajstić information content (AvgIpc) is 2.65. The van der Waals surface area contributed by atoms with E-state index in [0.29, 0.717) is 0 Å². The summed E-state index contributed by atoms with van der Waals surface area (Å²) in [6.45, 7) is 2.62. The number of hydrogen-bond acceptors (Lipinski definition) is 4. The fraction of sp³-hybridized carbons (Fsp3) is 0.500. The summed E-state index contributed by atoms with van der Waals surface area (Å²) < 4.78 is 0. The quantitative estimate of drug-likeness (QED) is 0.697. The monoisotopic (exact) mass is 209 g/mol. The van der Waals surface area contributed by atoms with E-state index in [1.165, 1.54) is 4.88 Å². The normalized spacial score (nSPS) is 10.0. The van der Waals surface area contributed by atoms with E-state index in [2.05, 4.69) is 11.4 Å². The Bertz CT molecular complexity index is 301. The fourth-order valence-corrected chi connectivity index (χ4v) is 1.92. The lowest BCUT2D eigenvalue weighted by Crippen LogP contribution is -2.15. The van der Waals surface area contributed by atoms with Crippen molar-refractivity contribution in [3.8, 4) is 6.07 Å². The van der Waals surface area contributed by atoms with E-state index in [0.717, 1.165) is 38.0 Å². The Morgan fingerprint density at radius 2 is 2.36 bits per heavy atom. The molecule has 0 radical (unpaired) electrons. The molecule has 0 unspecified atom stereocenters. The average molecular weight is 209 g/mol. The zero-order valence-corrected chi connectivity index (χ0v) is 8.94. The number of hydrogen-bond donors (Lipinski definition) is 2. The van der Waals surface area contributed by atoms with Crippen molar-refractivity contribution >= 4 is 11.3 Å². The summed E-state index contributed by atoms with van der Waals surface area (Å²) in [5.41, 5.74) is 6.14. The molecule has 0 aromatic carbocycles. The fourth-order valence-electron chi connectivity index (χ4n) is 1.14. The van der Waals surface area contributed by atoms with Crippen LogP contribution >= 0.6 is 11.3 Å². The lowest BCUT2D eigenvalue weighted by Gasteiger charge is -2.01. The highest BCUT2D eigenvalue weighted by Gasteiger charge is 1.97. The Balaban J connectivity index is 2.16. The molecule has 0 aliphatic rings. The summed E-state index contributed by atoms with van der Waals surface area (Å²) in [6, 6.07) is 4.06. The van der Waals surface area contributed by atoms with Gasteiger partial charge < -0.3 is 11.1 Å². The largest absolute Gasteiger partial charge is 0.330 e. The lowest BCUT2D eigenvalue weighted by atomic mass is 10.3. The highest BCUT2D eigenvalue weighted by Crippen LogP contribution is 2.13. The van der Waals surface area contributed by atoms with Crippen LogP contribution in [0.2, 0.25) is 0 Å². The summed E-state index contributed by atoms with van der Waals surface area (Å²) >= 11 is 1.63. The number of thiophene rings is 1. The van der Waals surface area contributed by atoms with Gasteiger partial charge in [-0.2, -0.15) is 5.26 Å². The topological polar surface area (TPSA) is 61.8 Å². The molecule has 4 heteroatoms. The number of unbranched alkanes of at least 4 members (excludes halogenated alkanes) is 1. The molecule has 0 aliphatic heterocycles. The Kier molecular flexibility index (Phi) is 5.23. The number of nitriles is 1. The van der Waals surface area contributed by atoms with Crippen LogP contribution in [-0.4, -0.2) is 13.1 Å². The van der Waals surface area contributed by atoms with E-state index in [-0.39, 0.29) is 0 Å². The van der Waals surface area contributed by atoms with E-state index in [1.807, 2.05) is 11.4 Å². The lowest BCUT2D eigenvalue weighted by molar-refractivity contribution is 0.631. The van der Waals surface area contributed by atoms with Crippen LogP contribution in [0.5, 0.6) is 0 Å². The summed E-state index contributed by atoms with van der Waals surface area (Å²) in [6.07, 6.45) is 2.19. The Morgan fingerprint density at radius 1 is 1.50 bits per heavy atom. The molecule has 76 valence electrons. The first-order valence-electron chi connectivity index (χ1n) is 4.75. The standard InChI is InChI=1S/C10H15N3S/c11-3-1-2-4-13-7-10-5-9(6-12)8-14-10/h5,8,13H,1-4,7,11H2. The van der Waals surface area contributed by atoms with E-state index in [4.69, 9.17) is 11.0 Å². The zero-order valence-electron chi connectivity index (χ0n) is 8.12. The molecule has 0 aliphatic carbocycles. The molecular weight excluding hydrogens is 194 g/mol. The van der Waals surface area contributed by atoms with Gasteiger partial charge in [-0.3, -0.25) is 0 Å². The second-order valence-electron chi connectivity index (χ2n) is 3.09. The molecule has 0 spiro atoms. The van der Waals surface area contributed by atoms with Crippen LogP contribution in [0.25, 0.3) is 0 Å². The van der Waals surface area contributed by atoms with Gasteiger partial charge in [0.25, 0.3) is 0 Å². The van der Waals surface area contributed by atoms with Crippen molar-refractivity contribution < 1.29 is 0 Å². The van der Waals surface area contributed by atoms with Gasteiger partial charge in [-0.05, 0) is 32.0 Å². The Hall–Kier alpha value is -0.890. The summed E-state index contributed by atoms with van der Waals surface area (Å²) in [4.78, 5) is 1.22. The molecule has 0 amide bonds. The molecule has 1 aromatic rings. The second-order valence-corrected chi connectivity index (χ2v) is 4.08. The first-order valence-corrected chi connectivity index (χ1v) is 5.63. The molecule has 1 heterocycles. The van der Waals surface area contributed by atoms with Gasteiger partial charge in [0.05, 0.1) is 5.56 Å². The molecule has 3 nitrogen and oxygen atoms in total.